The van der Waals surface area contributed by atoms with Crippen LogP contribution in [0.15, 0.2) is 42.7 Å². The smallest absolute Gasteiger partial charge is 0.256 e. The van der Waals surface area contributed by atoms with Crippen molar-refractivity contribution in [1.82, 2.24) is 19.8 Å². The van der Waals surface area contributed by atoms with Gasteiger partial charge in [0.2, 0.25) is 0 Å². The van der Waals surface area contributed by atoms with Crippen LogP contribution in [0.3, 0.4) is 0 Å². The SMILES string of the molecule is COc1cnc(Cl)c2[nH]cc(C(O)C(=O)N3CCN(C(=O)c4ccccc4)CC3)c12. The van der Waals surface area contributed by atoms with E-state index in [1.165, 1.54) is 13.3 Å². The van der Waals surface area contributed by atoms with Gasteiger partial charge in [0, 0.05) is 43.5 Å². The van der Waals surface area contributed by atoms with E-state index in [1.54, 1.807) is 28.1 Å². The van der Waals surface area contributed by atoms with E-state index in [2.05, 4.69) is 9.97 Å². The number of carbonyl (C=O) groups excluding carboxylic acids is 2. The minimum atomic E-state index is -1.39. The summed E-state index contributed by atoms with van der Waals surface area (Å²) in [7, 11) is 1.48. The molecule has 1 fully saturated rings. The summed E-state index contributed by atoms with van der Waals surface area (Å²) in [4.78, 5) is 35.8. The first-order valence-electron chi connectivity index (χ1n) is 9.52. The van der Waals surface area contributed by atoms with Crippen LogP contribution in [0.2, 0.25) is 5.15 Å². The van der Waals surface area contributed by atoms with Crippen LogP contribution in [-0.4, -0.2) is 70.0 Å². The van der Waals surface area contributed by atoms with Crippen LogP contribution in [0, 0.1) is 0 Å². The monoisotopic (exact) mass is 428 g/mol. The average Bonchev–Trinajstić information content (AvgIpc) is 3.25. The Morgan fingerprint density at radius 2 is 1.83 bits per heavy atom. The normalized spacial score (nSPS) is 15.3. The molecule has 8 nitrogen and oxygen atoms in total. The first-order chi connectivity index (χ1) is 14.5. The number of H-pyrrole nitrogens is 1. The lowest BCUT2D eigenvalue weighted by Crippen LogP contribution is -2.51. The van der Waals surface area contributed by atoms with E-state index < -0.39 is 12.0 Å². The first kappa shape index (κ1) is 20.2. The van der Waals surface area contributed by atoms with Gasteiger partial charge in [-0.3, -0.25) is 9.59 Å². The molecule has 1 aliphatic heterocycles. The highest BCUT2D eigenvalue weighted by molar-refractivity contribution is 6.34. The number of halogens is 1. The number of ether oxygens (including phenoxy) is 1. The number of pyridine rings is 1. The number of aliphatic hydroxyl groups is 1. The summed E-state index contributed by atoms with van der Waals surface area (Å²) in [5.74, 6) is -0.0831. The molecule has 0 bridgehead atoms. The highest BCUT2D eigenvalue weighted by Crippen LogP contribution is 2.35. The molecule has 4 rings (SSSR count). The number of rotatable bonds is 4. The lowest BCUT2D eigenvalue weighted by Gasteiger charge is -2.35. The maximum Gasteiger partial charge on any atom is 0.256 e. The number of carbonyl (C=O) groups is 2. The third-order valence-electron chi connectivity index (χ3n) is 5.31. The van der Waals surface area contributed by atoms with Crippen LogP contribution in [0.4, 0.5) is 0 Å². The molecule has 2 aromatic heterocycles. The Bertz CT molecular complexity index is 1080. The van der Waals surface area contributed by atoms with Crippen molar-refractivity contribution in [3.8, 4) is 5.75 Å². The molecule has 0 spiro atoms. The minimum Gasteiger partial charge on any atom is -0.494 e. The number of aromatic amines is 1. The Morgan fingerprint density at radius 1 is 1.17 bits per heavy atom. The molecule has 1 saturated heterocycles. The molecular formula is C21H21ClN4O4. The van der Waals surface area contributed by atoms with Crippen LogP contribution in [0.5, 0.6) is 5.75 Å². The Balaban J connectivity index is 1.48. The molecule has 0 aliphatic carbocycles. The number of hydrogen-bond donors (Lipinski definition) is 2. The van der Waals surface area contributed by atoms with E-state index in [0.29, 0.717) is 54.0 Å². The summed E-state index contributed by atoms with van der Waals surface area (Å²) in [6, 6.07) is 9.04. The number of aliphatic hydroxyl groups excluding tert-OH is 1. The van der Waals surface area contributed by atoms with Crippen molar-refractivity contribution >= 4 is 34.3 Å². The van der Waals surface area contributed by atoms with E-state index >= 15 is 0 Å². The number of amides is 2. The summed E-state index contributed by atoms with van der Waals surface area (Å²) in [5.41, 5.74) is 1.49. The predicted octanol–water partition coefficient (Wildman–Crippen LogP) is 2.24. The second-order valence-corrected chi connectivity index (χ2v) is 7.36. The summed E-state index contributed by atoms with van der Waals surface area (Å²) < 4.78 is 5.32. The molecule has 3 heterocycles. The molecule has 0 radical (unpaired) electrons. The molecule has 2 amide bonds. The van der Waals surface area contributed by atoms with Crippen molar-refractivity contribution in [2.45, 2.75) is 6.10 Å². The Morgan fingerprint density at radius 3 is 2.50 bits per heavy atom. The largest absolute Gasteiger partial charge is 0.494 e. The molecule has 1 atom stereocenters. The van der Waals surface area contributed by atoms with Crippen LogP contribution >= 0.6 is 11.6 Å². The fraction of sp³-hybridized carbons (Fsp3) is 0.286. The highest BCUT2D eigenvalue weighted by atomic mass is 35.5. The molecular weight excluding hydrogens is 408 g/mol. The molecule has 0 saturated carbocycles. The number of hydrogen-bond acceptors (Lipinski definition) is 5. The molecule has 156 valence electrons. The van der Waals surface area contributed by atoms with Crippen molar-refractivity contribution < 1.29 is 19.4 Å². The van der Waals surface area contributed by atoms with Gasteiger partial charge in [-0.05, 0) is 12.1 Å². The number of benzene rings is 1. The van der Waals surface area contributed by atoms with Crippen LogP contribution in [-0.2, 0) is 4.79 Å². The quantitative estimate of drug-likeness (QED) is 0.621. The second-order valence-electron chi connectivity index (χ2n) is 7.00. The van der Waals surface area contributed by atoms with Crippen molar-refractivity contribution in [1.29, 1.82) is 0 Å². The van der Waals surface area contributed by atoms with Crippen molar-refractivity contribution in [2.75, 3.05) is 33.3 Å². The summed E-state index contributed by atoms with van der Waals surface area (Å²) >= 11 is 6.12. The number of nitrogens with zero attached hydrogens (tertiary/aromatic N) is 3. The van der Waals surface area contributed by atoms with E-state index in [4.69, 9.17) is 16.3 Å². The number of piperazine rings is 1. The number of aromatic nitrogens is 2. The topological polar surface area (TPSA) is 98.8 Å². The van der Waals surface area contributed by atoms with Gasteiger partial charge in [0.25, 0.3) is 11.8 Å². The van der Waals surface area contributed by atoms with Gasteiger partial charge in [0.15, 0.2) is 11.3 Å². The molecule has 3 aromatic rings. The molecule has 2 N–H and O–H groups in total. The molecule has 30 heavy (non-hydrogen) atoms. The van der Waals surface area contributed by atoms with Gasteiger partial charge in [-0.25, -0.2) is 4.98 Å². The zero-order valence-corrected chi connectivity index (χ0v) is 17.1. The number of methoxy groups -OCH3 is 1. The summed E-state index contributed by atoms with van der Waals surface area (Å²) in [5, 5.41) is 11.5. The van der Waals surface area contributed by atoms with Gasteiger partial charge >= 0.3 is 0 Å². The Labute approximate surface area is 178 Å². The lowest BCUT2D eigenvalue weighted by atomic mass is 10.1. The van der Waals surface area contributed by atoms with Crippen LogP contribution in [0.25, 0.3) is 10.9 Å². The molecule has 1 unspecified atom stereocenters. The maximum absolute atomic E-state index is 12.9. The van der Waals surface area contributed by atoms with E-state index in [1.807, 2.05) is 18.2 Å². The molecule has 9 heteroatoms. The highest BCUT2D eigenvalue weighted by Gasteiger charge is 2.31. The van der Waals surface area contributed by atoms with E-state index in [-0.39, 0.29) is 11.1 Å². The van der Waals surface area contributed by atoms with Crippen molar-refractivity contribution in [3.63, 3.8) is 0 Å². The first-order valence-corrected chi connectivity index (χ1v) is 9.89. The van der Waals surface area contributed by atoms with Gasteiger partial charge in [0.1, 0.15) is 5.75 Å². The Hall–Kier alpha value is -3.10. The second kappa shape index (κ2) is 8.33. The fourth-order valence-electron chi connectivity index (χ4n) is 3.68. The third kappa shape index (κ3) is 3.59. The van der Waals surface area contributed by atoms with E-state index in [9.17, 15) is 14.7 Å². The number of fused-ring (bicyclic) bond motifs is 1. The average molecular weight is 429 g/mol. The van der Waals surface area contributed by atoms with Gasteiger partial charge in [-0.15, -0.1) is 0 Å². The standard InChI is InChI=1S/C21H21ClN4O4/c1-30-15-12-24-19(22)17-16(15)14(11-23-17)18(27)21(29)26-9-7-25(8-10-26)20(28)13-5-3-2-4-6-13/h2-6,11-12,18,23,27H,7-10H2,1H3. The lowest BCUT2D eigenvalue weighted by molar-refractivity contribution is -0.142. The van der Waals surface area contributed by atoms with E-state index in [0.717, 1.165) is 0 Å². The zero-order chi connectivity index (χ0) is 21.3. The molecule has 1 aliphatic rings. The third-order valence-corrected chi connectivity index (χ3v) is 5.59. The zero-order valence-electron chi connectivity index (χ0n) is 16.3. The van der Waals surface area contributed by atoms with Gasteiger partial charge in [-0.1, -0.05) is 29.8 Å². The van der Waals surface area contributed by atoms with Crippen molar-refractivity contribution in [3.05, 3.63) is 59.0 Å². The maximum atomic E-state index is 12.9. The summed E-state index contributed by atoms with van der Waals surface area (Å²) in [6.07, 6.45) is 1.61. The van der Waals surface area contributed by atoms with Crippen molar-refractivity contribution in [2.24, 2.45) is 0 Å². The van der Waals surface area contributed by atoms with Gasteiger partial charge in [-0.2, -0.15) is 0 Å². The molecule has 1 aromatic carbocycles. The summed E-state index contributed by atoms with van der Waals surface area (Å²) in [6.45, 7) is 1.49. The fourth-order valence-corrected chi connectivity index (χ4v) is 3.88. The predicted molar refractivity (Wildman–Crippen MR) is 112 cm³/mol. The van der Waals surface area contributed by atoms with Gasteiger partial charge in [0.05, 0.1) is 24.2 Å². The van der Waals surface area contributed by atoms with Gasteiger partial charge < -0.3 is 24.6 Å². The van der Waals surface area contributed by atoms with Crippen LogP contribution < -0.4 is 4.74 Å². The minimum absolute atomic E-state index is 0.0632. The number of nitrogens with one attached hydrogen (secondary N) is 1. The Kier molecular flexibility index (Phi) is 5.61. The van der Waals surface area contributed by atoms with Crippen LogP contribution in [0.1, 0.15) is 22.0 Å².